The summed E-state index contributed by atoms with van der Waals surface area (Å²) in [6.07, 6.45) is 8.75. The van der Waals surface area contributed by atoms with Gasteiger partial charge in [-0.2, -0.15) is 10.2 Å². The van der Waals surface area contributed by atoms with Crippen LogP contribution in [0.3, 0.4) is 0 Å². The highest BCUT2D eigenvalue weighted by atomic mass is 32.1. The summed E-state index contributed by atoms with van der Waals surface area (Å²) >= 11 is 1.75. The zero-order chi connectivity index (χ0) is 13.8. The Hall–Kier alpha value is -1.29. The van der Waals surface area contributed by atoms with Crippen LogP contribution in [-0.4, -0.2) is 23.8 Å². The number of nitrogens with one attached hydrogen (secondary N) is 1. The van der Waals surface area contributed by atoms with E-state index in [2.05, 4.69) is 26.4 Å². The fraction of sp³-hybridized carbons (Fsp3) is 0.643. The molecule has 0 spiro atoms. The predicted molar refractivity (Wildman–Crippen MR) is 77.5 cm³/mol. The SMILES string of the molecule is C#CCCC1(CCNCc2nc3c(s2)COCC3)N=N1. The van der Waals surface area contributed by atoms with E-state index >= 15 is 0 Å². The molecule has 3 heterocycles. The summed E-state index contributed by atoms with van der Waals surface area (Å²) in [5.41, 5.74) is 1.03. The molecular weight excluding hydrogens is 272 g/mol. The van der Waals surface area contributed by atoms with E-state index in [1.54, 1.807) is 11.3 Å². The molecule has 0 saturated carbocycles. The van der Waals surface area contributed by atoms with Crippen molar-refractivity contribution in [1.82, 2.24) is 10.3 Å². The summed E-state index contributed by atoms with van der Waals surface area (Å²) in [5.74, 6) is 2.65. The average Bonchev–Trinajstić information content (AvgIpc) is 3.11. The lowest BCUT2D eigenvalue weighted by Crippen LogP contribution is -2.22. The van der Waals surface area contributed by atoms with Crippen LogP contribution in [0.2, 0.25) is 0 Å². The van der Waals surface area contributed by atoms with Crippen molar-refractivity contribution in [2.75, 3.05) is 13.2 Å². The van der Waals surface area contributed by atoms with Crippen LogP contribution in [0, 0.1) is 12.3 Å². The molecule has 3 rings (SSSR count). The lowest BCUT2D eigenvalue weighted by molar-refractivity contribution is 0.112. The Kier molecular flexibility index (Phi) is 4.10. The van der Waals surface area contributed by atoms with Crippen molar-refractivity contribution in [3.63, 3.8) is 0 Å². The van der Waals surface area contributed by atoms with Gasteiger partial charge in [0, 0.05) is 32.2 Å². The Morgan fingerprint density at radius 3 is 3.05 bits per heavy atom. The normalized spacial score (nSPS) is 18.6. The summed E-state index contributed by atoms with van der Waals surface area (Å²) < 4.78 is 5.43. The average molecular weight is 290 g/mol. The number of hydrogen-bond acceptors (Lipinski definition) is 6. The van der Waals surface area contributed by atoms with Crippen molar-refractivity contribution in [2.45, 2.75) is 44.5 Å². The largest absolute Gasteiger partial charge is 0.375 e. The topological polar surface area (TPSA) is 58.9 Å². The van der Waals surface area contributed by atoms with Crippen LogP contribution in [0.5, 0.6) is 0 Å². The van der Waals surface area contributed by atoms with Gasteiger partial charge in [0.05, 0.1) is 23.8 Å². The monoisotopic (exact) mass is 290 g/mol. The Morgan fingerprint density at radius 1 is 1.40 bits per heavy atom. The zero-order valence-electron chi connectivity index (χ0n) is 11.4. The molecule has 0 unspecified atom stereocenters. The number of ether oxygens (including phenoxy) is 1. The molecule has 0 fully saturated rings. The molecule has 1 aromatic rings. The summed E-state index contributed by atoms with van der Waals surface area (Å²) in [7, 11) is 0. The molecule has 0 aliphatic carbocycles. The highest BCUT2D eigenvalue weighted by molar-refractivity contribution is 7.11. The van der Waals surface area contributed by atoms with E-state index in [0.29, 0.717) is 0 Å². The minimum atomic E-state index is -0.185. The third-order valence-electron chi connectivity index (χ3n) is 3.57. The van der Waals surface area contributed by atoms with Gasteiger partial charge in [-0.05, 0) is 6.54 Å². The Bertz CT molecular complexity index is 516. The molecule has 0 amide bonds. The zero-order valence-corrected chi connectivity index (χ0v) is 12.2. The lowest BCUT2D eigenvalue weighted by atomic mass is 10.0. The third-order valence-corrected chi connectivity index (χ3v) is 4.64. The first-order valence-electron chi connectivity index (χ1n) is 6.95. The van der Waals surface area contributed by atoms with E-state index in [-0.39, 0.29) is 5.66 Å². The molecule has 1 aromatic heterocycles. The summed E-state index contributed by atoms with van der Waals surface area (Å²) in [5, 5.41) is 12.8. The molecule has 0 radical (unpaired) electrons. The first-order chi connectivity index (χ1) is 9.81. The molecule has 106 valence electrons. The second-order valence-electron chi connectivity index (χ2n) is 5.09. The molecule has 0 saturated heterocycles. The Balaban J connectivity index is 1.40. The second kappa shape index (κ2) is 6.00. The van der Waals surface area contributed by atoms with Gasteiger partial charge in [0.15, 0.2) is 5.66 Å². The number of rotatable bonds is 7. The first kappa shape index (κ1) is 13.7. The van der Waals surface area contributed by atoms with Gasteiger partial charge in [0.2, 0.25) is 0 Å². The number of terminal acetylenes is 1. The summed E-state index contributed by atoms with van der Waals surface area (Å²) in [6.45, 7) is 3.21. The standard InChI is InChI=1S/C14H18N4OS/c1-2-3-5-14(17-18-14)6-7-15-9-13-16-11-4-8-19-10-12(11)20-13/h1,15H,3-10H2. The van der Waals surface area contributed by atoms with Crippen LogP contribution in [-0.2, 0) is 24.3 Å². The van der Waals surface area contributed by atoms with Gasteiger partial charge in [-0.25, -0.2) is 4.98 Å². The van der Waals surface area contributed by atoms with Gasteiger partial charge in [0.25, 0.3) is 0 Å². The third kappa shape index (κ3) is 3.23. The van der Waals surface area contributed by atoms with Crippen molar-refractivity contribution in [3.8, 4) is 12.3 Å². The quantitative estimate of drug-likeness (QED) is 0.619. The molecule has 1 N–H and O–H groups in total. The van der Waals surface area contributed by atoms with Crippen molar-refractivity contribution in [2.24, 2.45) is 10.2 Å². The predicted octanol–water partition coefficient (Wildman–Crippen LogP) is 2.27. The molecule has 20 heavy (non-hydrogen) atoms. The number of nitrogens with zero attached hydrogens (tertiary/aromatic N) is 3. The van der Waals surface area contributed by atoms with E-state index in [1.807, 2.05) is 0 Å². The van der Waals surface area contributed by atoms with Gasteiger partial charge in [0.1, 0.15) is 5.01 Å². The van der Waals surface area contributed by atoms with Gasteiger partial charge < -0.3 is 10.1 Å². The Morgan fingerprint density at radius 2 is 2.30 bits per heavy atom. The van der Waals surface area contributed by atoms with Gasteiger partial charge >= 0.3 is 0 Å². The second-order valence-corrected chi connectivity index (χ2v) is 6.26. The van der Waals surface area contributed by atoms with Crippen LogP contribution in [0.4, 0.5) is 0 Å². The Labute approximate surface area is 122 Å². The number of hydrogen-bond donors (Lipinski definition) is 1. The molecule has 0 atom stereocenters. The minimum absolute atomic E-state index is 0.185. The summed E-state index contributed by atoms with van der Waals surface area (Å²) in [4.78, 5) is 5.94. The van der Waals surface area contributed by atoms with E-state index < -0.39 is 0 Å². The maximum atomic E-state index is 5.43. The fourth-order valence-corrected chi connectivity index (χ4v) is 3.33. The van der Waals surface area contributed by atoms with Crippen molar-refractivity contribution >= 4 is 11.3 Å². The van der Waals surface area contributed by atoms with Gasteiger partial charge in [-0.3, -0.25) is 0 Å². The van der Waals surface area contributed by atoms with Crippen LogP contribution in [0.25, 0.3) is 0 Å². The highest BCUT2D eigenvalue weighted by Crippen LogP contribution is 2.36. The smallest absolute Gasteiger partial charge is 0.193 e. The highest BCUT2D eigenvalue weighted by Gasteiger charge is 2.38. The maximum absolute atomic E-state index is 5.43. The van der Waals surface area contributed by atoms with Crippen LogP contribution >= 0.6 is 11.3 Å². The number of thiazole rings is 1. The molecule has 0 aromatic carbocycles. The lowest BCUT2D eigenvalue weighted by Gasteiger charge is -2.08. The summed E-state index contributed by atoms with van der Waals surface area (Å²) in [6, 6.07) is 0. The van der Waals surface area contributed by atoms with Gasteiger partial charge in [-0.1, -0.05) is 0 Å². The molecule has 0 bridgehead atoms. The van der Waals surface area contributed by atoms with E-state index in [4.69, 9.17) is 11.2 Å². The first-order valence-corrected chi connectivity index (χ1v) is 7.76. The maximum Gasteiger partial charge on any atom is 0.193 e. The van der Waals surface area contributed by atoms with Crippen molar-refractivity contribution in [3.05, 3.63) is 15.6 Å². The van der Waals surface area contributed by atoms with Crippen molar-refractivity contribution in [1.29, 1.82) is 0 Å². The molecule has 5 nitrogen and oxygen atoms in total. The van der Waals surface area contributed by atoms with Gasteiger partial charge in [-0.15, -0.1) is 23.7 Å². The van der Waals surface area contributed by atoms with Crippen molar-refractivity contribution < 1.29 is 4.74 Å². The molecular formula is C14H18N4OS. The number of fused-ring (bicyclic) bond motifs is 1. The van der Waals surface area contributed by atoms with E-state index in [1.165, 1.54) is 10.6 Å². The van der Waals surface area contributed by atoms with Crippen LogP contribution in [0.15, 0.2) is 10.2 Å². The van der Waals surface area contributed by atoms with Crippen LogP contribution in [0.1, 0.15) is 34.8 Å². The van der Waals surface area contributed by atoms with Crippen LogP contribution < -0.4 is 5.32 Å². The minimum Gasteiger partial charge on any atom is -0.375 e. The molecule has 2 aliphatic rings. The van der Waals surface area contributed by atoms with E-state index in [9.17, 15) is 0 Å². The fourth-order valence-electron chi connectivity index (χ4n) is 2.31. The molecule has 2 aliphatic heterocycles. The number of aromatic nitrogens is 1. The van der Waals surface area contributed by atoms with E-state index in [0.717, 1.165) is 57.0 Å². The molecule has 6 heteroatoms.